The van der Waals surface area contributed by atoms with Crippen LogP contribution in [-0.2, 0) is 9.59 Å². The lowest BCUT2D eigenvalue weighted by Gasteiger charge is -2.29. The quantitative estimate of drug-likeness (QED) is 0.855. The van der Waals surface area contributed by atoms with E-state index in [4.69, 9.17) is 0 Å². The summed E-state index contributed by atoms with van der Waals surface area (Å²) < 4.78 is 37.5. The third-order valence-corrected chi connectivity index (χ3v) is 2.99. The molecule has 1 heterocycles. The SMILES string of the molecule is CC(C)CC1NC(=O)CC(C)N(CC(F)(F)F)C1=O. The van der Waals surface area contributed by atoms with E-state index in [2.05, 4.69) is 5.32 Å². The van der Waals surface area contributed by atoms with Crippen molar-refractivity contribution >= 4 is 11.8 Å². The Labute approximate surface area is 110 Å². The summed E-state index contributed by atoms with van der Waals surface area (Å²) in [6, 6.07) is -1.61. The molecule has 1 aliphatic rings. The maximum atomic E-state index is 12.5. The summed E-state index contributed by atoms with van der Waals surface area (Å²) in [5.74, 6) is -0.920. The van der Waals surface area contributed by atoms with Crippen molar-refractivity contribution in [2.45, 2.75) is 51.9 Å². The first-order valence-electron chi connectivity index (χ1n) is 6.26. The summed E-state index contributed by atoms with van der Waals surface area (Å²) in [4.78, 5) is 24.5. The number of carbonyl (C=O) groups excluding carboxylic acids is 2. The van der Waals surface area contributed by atoms with Crippen LogP contribution in [0.1, 0.15) is 33.6 Å². The van der Waals surface area contributed by atoms with Gasteiger partial charge in [-0.25, -0.2) is 0 Å². The smallest absolute Gasteiger partial charge is 0.344 e. The van der Waals surface area contributed by atoms with E-state index in [0.717, 1.165) is 4.90 Å². The van der Waals surface area contributed by atoms with Crippen molar-refractivity contribution in [1.82, 2.24) is 10.2 Å². The van der Waals surface area contributed by atoms with Gasteiger partial charge in [0.05, 0.1) is 0 Å². The van der Waals surface area contributed by atoms with Crippen LogP contribution in [-0.4, -0.2) is 41.5 Å². The Hall–Kier alpha value is -1.27. The Morgan fingerprint density at radius 2 is 1.95 bits per heavy atom. The number of nitrogens with zero attached hydrogens (tertiary/aromatic N) is 1. The molecule has 0 saturated carbocycles. The fourth-order valence-corrected chi connectivity index (χ4v) is 2.17. The molecule has 2 amide bonds. The highest BCUT2D eigenvalue weighted by atomic mass is 19.4. The normalized spacial score (nSPS) is 25.5. The molecule has 7 heteroatoms. The third kappa shape index (κ3) is 4.72. The maximum absolute atomic E-state index is 12.5. The van der Waals surface area contributed by atoms with E-state index in [0.29, 0.717) is 6.42 Å². The van der Waals surface area contributed by atoms with E-state index in [1.54, 1.807) is 0 Å². The monoisotopic (exact) mass is 280 g/mol. The minimum absolute atomic E-state index is 0.101. The van der Waals surface area contributed by atoms with Crippen molar-refractivity contribution < 1.29 is 22.8 Å². The molecular formula is C12H19F3N2O2. The van der Waals surface area contributed by atoms with E-state index >= 15 is 0 Å². The zero-order valence-electron chi connectivity index (χ0n) is 11.3. The average molecular weight is 280 g/mol. The van der Waals surface area contributed by atoms with Crippen LogP contribution < -0.4 is 5.32 Å². The largest absolute Gasteiger partial charge is 0.406 e. The first kappa shape index (κ1) is 15.8. The Kier molecular flexibility index (Phi) is 4.81. The molecule has 1 rings (SSSR count). The molecule has 2 unspecified atom stereocenters. The van der Waals surface area contributed by atoms with Crippen molar-refractivity contribution in [3.8, 4) is 0 Å². The lowest BCUT2D eigenvalue weighted by molar-refractivity contribution is -0.165. The van der Waals surface area contributed by atoms with Crippen LogP contribution in [0.15, 0.2) is 0 Å². The van der Waals surface area contributed by atoms with E-state index < -0.39 is 30.7 Å². The van der Waals surface area contributed by atoms with Crippen LogP contribution in [0.25, 0.3) is 0 Å². The highest BCUT2D eigenvalue weighted by Gasteiger charge is 2.40. The second kappa shape index (κ2) is 5.79. The summed E-state index contributed by atoms with van der Waals surface area (Å²) in [6.45, 7) is 3.85. The number of hydrogen-bond acceptors (Lipinski definition) is 2. The molecule has 1 aliphatic heterocycles. The Morgan fingerprint density at radius 1 is 1.37 bits per heavy atom. The number of hydrogen-bond donors (Lipinski definition) is 1. The molecule has 0 radical (unpaired) electrons. The predicted octanol–water partition coefficient (Wildman–Crippen LogP) is 1.70. The van der Waals surface area contributed by atoms with Gasteiger partial charge >= 0.3 is 6.18 Å². The van der Waals surface area contributed by atoms with Crippen LogP contribution in [0.5, 0.6) is 0 Å². The second-order valence-electron chi connectivity index (χ2n) is 5.38. The average Bonchev–Trinajstić information content (AvgIpc) is 2.28. The van der Waals surface area contributed by atoms with Gasteiger partial charge in [0.1, 0.15) is 12.6 Å². The lowest BCUT2D eigenvalue weighted by atomic mass is 10.0. The molecule has 110 valence electrons. The fraction of sp³-hybridized carbons (Fsp3) is 0.833. The molecule has 0 aromatic rings. The van der Waals surface area contributed by atoms with Gasteiger partial charge in [-0.3, -0.25) is 9.59 Å². The number of amides is 2. The van der Waals surface area contributed by atoms with E-state index in [-0.39, 0.29) is 18.2 Å². The van der Waals surface area contributed by atoms with Crippen molar-refractivity contribution in [3.63, 3.8) is 0 Å². The summed E-state index contributed by atoms with van der Waals surface area (Å²) in [6.07, 6.45) is -4.22. The third-order valence-electron chi connectivity index (χ3n) is 2.99. The second-order valence-corrected chi connectivity index (χ2v) is 5.38. The number of halogens is 3. The number of rotatable bonds is 3. The zero-order valence-corrected chi connectivity index (χ0v) is 11.3. The first-order valence-corrected chi connectivity index (χ1v) is 6.26. The Bertz CT molecular complexity index is 355. The highest BCUT2D eigenvalue weighted by Crippen LogP contribution is 2.22. The number of carbonyl (C=O) groups is 2. The molecule has 0 bridgehead atoms. The van der Waals surface area contributed by atoms with Crippen molar-refractivity contribution in [2.24, 2.45) is 5.92 Å². The minimum atomic E-state index is -4.46. The van der Waals surface area contributed by atoms with Crippen LogP contribution in [0.3, 0.4) is 0 Å². The molecule has 1 saturated heterocycles. The van der Waals surface area contributed by atoms with Gasteiger partial charge in [0.15, 0.2) is 0 Å². The number of alkyl halides is 3. The molecule has 0 aliphatic carbocycles. The summed E-state index contributed by atoms with van der Waals surface area (Å²) >= 11 is 0. The topological polar surface area (TPSA) is 49.4 Å². The molecule has 0 spiro atoms. The van der Waals surface area contributed by atoms with E-state index in [1.807, 2.05) is 13.8 Å². The lowest BCUT2D eigenvalue weighted by Crippen LogP contribution is -2.50. The Morgan fingerprint density at radius 3 is 2.42 bits per heavy atom. The number of nitrogens with one attached hydrogen (secondary N) is 1. The summed E-state index contributed by atoms with van der Waals surface area (Å²) in [7, 11) is 0. The van der Waals surface area contributed by atoms with Gasteiger partial charge in [-0.15, -0.1) is 0 Å². The molecule has 1 fully saturated rings. The van der Waals surface area contributed by atoms with E-state index in [1.165, 1.54) is 6.92 Å². The van der Waals surface area contributed by atoms with Gasteiger partial charge in [-0.05, 0) is 19.3 Å². The first-order chi connectivity index (χ1) is 8.60. The van der Waals surface area contributed by atoms with Crippen molar-refractivity contribution in [2.75, 3.05) is 6.54 Å². The van der Waals surface area contributed by atoms with Crippen LogP contribution in [0.2, 0.25) is 0 Å². The van der Waals surface area contributed by atoms with Gasteiger partial charge in [-0.1, -0.05) is 13.8 Å². The minimum Gasteiger partial charge on any atom is -0.344 e. The standard InChI is InChI=1S/C12H19F3N2O2/c1-7(2)4-9-11(19)17(6-12(13,14)15)8(3)5-10(18)16-9/h7-9H,4-6H2,1-3H3,(H,16,18). The van der Waals surface area contributed by atoms with Gasteiger partial charge in [0.2, 0.25) is 11.8 Å². The van der Waals surface area contributed by atoms with Crippen LogP contribution in [0.4, 0.5) is 13.2 Å². The van der Waals surface area contributed by atoms with Crippen molar-refractivity contribution in [1.29, 1.82) is 0 Å². The van der Waals surface area contributed by atoms with Gasteiger partial charge in [0.25, 0.3) is 0 Å². The molecule has 0 aromatic carbocycles. The maximum Gasteiger partial charge on any atom is 0.406 e. The highest BCUT2D eigenvalue weighted by molar-refractivity contribution is 5.90. The molecule has 4 nitrogen and oxygen atoms in total. The summed E-state index contributed by atoms with van der Waals surface area (Å²) in [5, 5.41) is 2.51. The Balaban J connectivity index is 2.92. The van der Waals surface area contributed by atoms with Crippen molar-refractivity contribution in [3.05, 3.63) is 0 Å². The van der Waals surface area contributed by atoms with Gasteiger partial charge in [-0.2, -0.15) is 13.2 Å². The fourth-order valence-electron chi connectivity index (χ4n) is 2.17. The molecule has 19 heavy (non-hydrogen) atoms. The molecular weight excluding hydrogens is 261 g/mol. The van der Waals surface area contributed by atoms with Crippen LogP contribution >= 0.6 is 0 Å². The summed E-state index contributed by atoms with van der Waals surface area (Å²) in [5.41, 5.74) is 0. The molecule has 1 N–H and O–H groups in total. The van der Waals surface area contributed by atoms with Gasteiger partial charge < -0.3 is 10.2 Å². The van der Waals surface area contributed by atoms with E-state index in [9.17, 15) is 22.8 Å². The molecule has 0 aromatic heterocycles. The van der Waals surface area contributed by atoms with Crippen LogP contribution in [0, 0.1) is 5.92 Å². The zero-order chi connectivity index (χ0) is 14.8. The predicted molar refractivity (Wildman–Crippen MR) is 63.2 cm³/mol. The molecule has 2 atom stereocenters. The van der Waals surface area contributed by atoms with Gasteiger partial charge in [0, 0.05) is 12.5 Å².